The summed E-state index contributed by atoms with van der Waals surface area (Å²) < 4.78 is 11.4. The molecule has 0 saturated carbocycles. The lowest BCUT2D eigenvalue weighted by molar-refractivity contribution is 0.415. The number of amidine groups is 4. The molecule has 0 aliphatic heterocycles. The van der Waals surface area contributed by atoms with Crippen LogP contribution in [0.2, 0.25) is 0 Å². The molecule has 10 nitrogen and oxygen atoms in total. The summed E-state index contributed by atoms with van der Waals surface area (Å²) in [6.07, 6.45) is 0. The molecule has 0 atom stereocenters. The Morgan fingerprint density at radius 1 is 0.526 bits per heavy atom. The number of benzene rings is 4. The van der Waals surface area contributed by atoms with Crippen LogP contribution in [0.3, 0.4) is 0 Å². The van der Waals surface area contributed by atoms with Crippen LogP contribution in [0.5, 0.6) is 11.5 Å². The molecular weight excluding hydrogens is 480 g/mol. The topological polar surface area (TPSA) is 218 Å². The Kier molecular flexibility index (Phi) is 6.72. The molecule has 0 heterocycles. The first-order valence-electron chi connectivity index (χ1n) is 11.4. The molecule has 0 unspecified atom stereocenters. The van der Waals surface area contributed by atoms with Gasteiger partial charge in [0.2, 0.25) is 0 Å². The zero-order chi connectivity index (χ0) is 27.7. The predicted molar refractivity (Wildman–Crippen MR) is 152 cm³/mol. The SMILES string of the molecule is COc1cc2cc(OC)c(-c3c(C(=N)N)cccc3C(=N)N)cc2cc1-c1c(C(=N)N)cccc1C(=N)N. The van der Waals surface area contributed by atoms with Crippen molar-refractivity contribution < 1.29 is 9.47 Å². The van der Waals surface area contributed by atoms with Crippen LogP contribution in [-0.4, -0.2) is 37.6 Å². The van der Waals surface area contributed by atoms with Crippen LogP contribution < -0.4 is 32.4 Å². The average molecular weight is 509 g/mol. The fourth-order valence-corrected chi connectivity index (χ4v) is 4.62. The van der Waals surface area contributed by atoms with Crippen LogP contribution in [0.4, 0.5) is 0 Å². The molecule has 4 aromatic rings. The highest BCUT2D eigenvalue weighted by Gasteiger charge is 2.22. The maximum Gasteiger partial charge on any atom is 0.127 e. The molecule has 38 heavy (non-hydrogen) atoms. The Hall–Kier alpha value is -5.38. The van der Waals surface area contributed by atoms with E-state index in [9.17, 15) is 0 Å². The Bertz CT molecular complexity index is 1480. The molecule has 192 valence electrons. The van der Waals surface area contributed by atoms with Gasteiger partial charge in [0.1, 0.15) is 34.8 Å². The zero-order valence-corrected chi connectivity index (χ0v) is 20.9. The first kappa shape index (κ1) is 25.7. The molecule has 0 fully saturated rings. The second kappa shape index (κ2) is 9.94. The van der Waals surface area contributed by atoms with Gasteiger partial charge >= 0.3 is 0 Å². The first-order chi connectivity index (χ1) is 18.1. The molecule has 0 bridgehead atoms. The predicted octanol–water partition coefficient (Wildman–Crippen LogP) is 3.33. The number of rotatable bonds is 8. The van der Waals surface area contributed by atoms with Gasteiger partial charge in [-0.15, -0.1) is 0 Å². The van der Waals surface area contributed by atoms with Crippen LogP contribution >= 0.6 is 0 Å². The van der Waals surface area contributed by atoms with Crippen molar-refractivity contribution in [1.29, 1.82) is 21.6 Å². The lowest BCUT2D eigenvalue weighted by atomic mass is 9.88. The van der Waals surface area contributed by atoms with Crippen molar-refractivity contribution in [3.8, 4) is 33.8 Å². The smallest absolute Gasteiger partial charge is 0.127 e. The van der Waals surface area contributed by atoms with Gasteiger partial charge < -0.3 is 32.4 Å². The van der Waals surface area contributed by atoms with Crippen LogP contribution in [0.25, 0.3) is 33.0 Å². The van der Waals surface area contributed by atoms with E-state index < -0.39 is 0 Å². The summed E-state index contributed by atoms with van der Waals surface area (Å²) in [6.45, 7) is 0. The number of nitrogens with two attached hydrogens (primary N) is 4. The van der Waals surface area contributed by atoms with Crippen molar-refractivity contribution >= 4 is 34.1 Å². The van der Waals surface area contributed by atoms with Gasteiger partial charge in [-0.1, -0.05) is 36.4 Å². The molecule has 0 saturated heterocycles. The quantitative estimate of drug-likeness (QED) is 0.132. The van der Waals surface area contributed by atoms with Gasteiger partial charge in [-0.2, -0.15) is 0 Å². The van der Waals surface area contributed by atoms with E-state index in [1.165, 1.54) is 14.2 Å². The molecule has 0 aromatic heterocycles. The number of nitrogens with one attached hydrogen (secondary N) is 4. The Morgan fingerprint density at radius 3 is 1.08 bits per heavy atom. The van der Waals surface area contributed by atoms with E-state index in [-0.39, 0.29) is 23.3 Å². The van der Waals surface area contributed by atoms with Gasteiger partial charge in [0.15, 0.2) is 0 Å². The lowest BCUT2D eigenvalue weighted by Gasteiger charge is -2.20. The molecular formula is C28H28N8O2. The summed E-state index contributed by atoms with van der Waals surface area (Å²) in [5.74, 6) is 0.253. The maximum atomic E-state index is 8.13. The van der Waals surface area contributed by atoms with Gasteiger partial charge in [0.05, 0.1) is 14.2 Å². The largest absolute Gasteiger partial charge is 0.496 e. The third-order valence-electron chi connectivity index (χ3n) is 6.31. The number of fused-ring (bicyclic) bond motifs is 1. The highest BCUT2D eigenvalue weighted by molar-refractivity contribution is 6.13. The summed E-state index contributed by atoms with van der Waals surface area (Å²) in [7, 11) is 3.06. The Balaban J connectivity index is 2.13. The first-order valence-corrected chi connectivity index (χ1v) is 11.4. The fourth-order valence-electron chi connectivity index (χ4n) is 4.62. The molecule has 0 aliphatic carbocycles. The third kappa shape index (κ3) is 4.35. The van der Waals surface area contributed by atoms with Crippen molar-refractivity contribution in [1.82, 2.24) is 0 Å². The minimum Gasteiger partial charge on any atom is -0.496 e. The van der Waals surface area contributed by atoms with Crippen LogP contribution in [0, 0.1) is 21.6 Å². The minimum absolute atomic E-state index is 0.179. The number of hydrogen-bond acceptors (Lipinski definition) is 6. The molecule has 0 aliphatic rings. The lowest BCUT2D eigenvalue weighted by Crippen LogP contribution is -2.18. The third-order valence-corrected chi connectivity index (χ3v) is 6.31. The fraction of sp³-hybridized carbons (Fsp3) is 0.0714. The van der Waals surface area contributed by atoms with Crippen molar-refractivity contribution in [3.05, 3.63) is 82.9 Å². The van der Waals surface area contributed by atoms with Crippen LogP contribution in [0.1, 0.15) is 22.3 Å². The van der Waals surface area contributed by atoms with E-state index in [0.717, 1.165) is 10.8 Å². The van der Waals surface area contributed by atoms with Crippen molar-refractivity contribution in [2.24, 2.45) is 22.9 Å². The Labute approximate surface area is 219 Å². The second-order valence-electron chi connectivity index (χ2n) is 8.56. The number of hydrogen-bond donors (Lipinski definition) is 8. The molecule has 4 rings (SSSR count). The monoisotopic (exact) mass is 508 g/mol. The normalized spacial score (nSPS) is 10.7. The van der Waals surface area contributed by atoms with E-state index >= 15 is 0 Å². The Morgan fingerprint density at radius 2 is 0.816 bits per heavy atom. The van der Waals surface area contributed by atoms with Gasteiger partial charge in [0.25, 0.3) is 0 Å². The van der Waals surface area contributed by atoms with E-state index in [1.807, 2.05) is 24.3 Å². The van der Waals surface area contributed by atoms with Gasteiger partial charge in [-0.3, -0.25) is 21.6 Å². The number of nitrogen functional groups attached to an aromatic ring is 4. The standard InChI is InChI=1S/C28H28N8O2/c1-37-21-11-14-12-22(38-2)20(24-17(27(33)34)7-4-8-18(24)28(35)36)10-13(14)9-19(21)23-15(25(29)30)5-3-6-16(23)26(31)32/h3-12H,1-2H3,(H3,29,30)(H3,31,32)(H3,33,34)(H3,35,36). The van der Waals surface area contributed by atoms with Crippen molar-refractivity contribution in [3.63, 3.8) is 0 Å². The van der Waals surface area contributed by atoms with E-state index in [1.54, 1.807) is 36.4 Å². The van der Waals surface area contributed by atoms with Gasteiger partial charge in [0, 0.05) is 44.5 Å². The molecule has 0 spiro atoms. The molecule has 0 radical (unpaired) electrons. The number of ether oxygens (including phenoxy) is 2. The van der Waals surface area contributed by atoms with Crippen LogP contribution in [0.15, 0.2) is 60.7 Å². The molecule has 12 N–H and O–H groups in total. The van der Waals surface area contributed by atoms with Gasteiger partial charge in [-0.25, -0.2) is 0 Å². The van der Waals surface area contributed by atoms with E-state index in [4.69, 9.17) is 54.0 Å². The molecule has 0 amide bonds. The van der Waals surface area contributed by atoms with Crippen LogP contribution in [-0.2, 0) is 0 Å². The highest BCUT2D eigenvalue weighted by atomic mass is 16.5. The number of methoxy groups -OCH3 is 2. The summed E-state index contributed by atoms with van der Waals surface area (Å²) in [5, 5.41) is 34.0. The van der Waals surface area contributed by atoms with Gasteiger partial charge in [-0.05, 0) is 35.0 Å². The van der Waals surface area contributed by atoms with Crippen molar-refractivity contribution in [2.45, 2.75) is 0 Å². The summed E-state index contributed by atoms with van der Waals surface area (Å²) in [5.41, 5.74) is 27.4. The highest BCUT2D eigenvalue weighted by Crippen LogP contribution is 2.43. The van der Waals surface area contributed by atoms with Crippen molar-refractivity contribution in [2.75, 3.05) is 14.2 Å². The summed E-state index contributed by atoms with van der Waals surface area (Å²) in [4.78, 5) is 0. The summed E-state index contributed by atoms with van der Waals surface area (Å²) >= 11 is 0. The van der Waals surface area contributed by atoms with E-state index in [0.29, 0.717) is 56.0 Å². The average Bonchev–Trinajstić information content (AvgIpc) is 2.90. The summed E-state index contributed by atoms with van der Waals surface area (Å²) in [6, 6.07) is 17.5. The molecule has 4 aromatic carbocycles. The zero-order valence-electron chi connectivity index (χ0n) is 20.9. The second-order valence-corrected chi connectivity index (χ2v) is 8.56. The minimum atomic E-state index is -0.179. The van der Waals surface area contributed by atoms with E-state index in [2.05, 4.69) is 0 Å². The molecule has 10 heteroatoms. The maximum absolute atomic E-state index is 8.13.